The summed E-state index contributed by atoms with van der Waals surface area (Å²) in [4.78, 5) is 29.3. The maximum Gasteiger partial charge on any atom is 0.256 e. The highest BCUT2D eigenvalue weighted by atomic mass is 16.2. The fourth-order valence-corrected chi connectivity index (χ4v) is 3.87. The molecule has 6 nitrogen and oxygen atoms in total. The van der Waals surface area contributed by atoms with Crippen molar-refractivity contribution in [1.82, 2.24) is 24.8 Å². The Labute approximate surface area is 162 Å². The lowest BCUT2D eigenvalue weighted by Gasteiger charge is -2.32. The number of fused-ring (bicyclic) bond motifs is 3. The van der Waals surface area contributed by atoms with Gasteiger partial charge in [0, 0.05) is 67.3 Å². The zero-order valence-electron chi connectivity index (χ0n) is 15.7. The number of nitrogens with zero attached hydrogens (tertiary/aromatic N) is 4. The number of aromatic nitrogens is 3. The average Bonchev–Trinajstić information content (AvgIpc) is 3.19. The van der Waals surface area contributed by atoms with E-state index >= 15 is 0 Å². The van der Waals surface area contributed by atoms with Crippen LogP contribution in [0.2, 0.25) is 0 Å². The molecule has 1 amide bonds. The van der Waals surface area contributed by atoms with Crippen molar-refractivity contribution in [1.29, 1.82) is 0 Å². The Bertz CT molecular complexity index is 1160. The fraction of sp³-hybridized carbons (Fsp3) is 0.227. The van der Waals surface area contributed by atoms with Gasteiger partial charge in [-0.15, -0.1) is 0 Å². The van der Waals surface area contributed by atoms with E-state index in [-0.39, 0.29) is 5.91 Å². The normalized spacial score (nSPS) is 15.4. The molecule has 1 aromatic carbocycles. The molecule has 0 saturated carbocycles. The topological polar surface area (TPSA) is 65.1 Å². The number of benzene rings is 1. The van der Waals surface area contributed by atoms with Crippen LogP contribution < -0.4 is 0 Å². The van der Waals surface area contributed by atoms with Gasteiger partial charge in [0.1, 0.15) is 5.65 Å². The lowest BCUT2D eigenvalue weighted by Crippen LogP contribution is -2.47. The summed E-state index contributed by atoms with van der Waals surface area (Å²) in [6.07, 6.45) is 7.28. The van der Waals surface area contributed by atoms with Crippen molar-refractivity contribution in [2.75, 3.05) is 33.2 Å². The highest BCUT2D eigenvalue weighted by Crippen LogP contribution is 2.31. The molecule has 4 aromatic rings. The number of amides is 1. The zero-order chi connectivity index (χ0) is 19.1. The molecule has 6 heteroatoms. The molecule has 1 aliphatic rings. The predicted octanol–water partition coefficient (Wildman–Crippen LogP) is 3.17. The molecule has 0 bridgehead atoms. The van der Waals surface area contributed by atoms with Gasteiger partial charge in [-0.2, -0.15) is 0 Å². The van der Waals surface area contributed by atoms with E-state index in [2.05, 4.69) is 45.1 Å². The second-order valence-electron chi connectivity index (χ2n) is 7.32. The second kappa shape index (κ2) is 6.73. The largest absolute Gasteiger partial charge is 0.345 e. The van der Waals surface area contributed by atoms with Gasteiger partial charge in [0.15, 0.2) is 0 Å². The van der Waals surface area contributed by atoms with E-state index in [4.69, 9.17) is 0 Å². The molecule has 0 spiro atoms. The van der Waals surface area contributed by atoms with Crippen LogP contribution in [0, 0.1) is 0 Å². The molecule has 140 valence electrons. The number of carbonyl (C=O) groups is 1. The maximum atomic E-state index is 13.2. The molecule has 1 N–H and O–H groups in total. The highest BCUT2D eigenvalue weighted by Gasteiger charge is 2.24. The molecule has 1 saturated heterocycles. The van der Waals surface area contributed by atoms with E-state index < -0.39 is 0 Å². The minimum Gasteiger partial charge on any atom is -0.345 e. The molecular formula is C22H21N5O. The number of pyridine rings is 2. The van der Waals surface area contributed by atoms with Crippen molar-refractivity contribution >= 4 is 27.7 Å². The van der Waals surface area contributed by atoms with Crippen LogP contribution in [0.1, 0.15) is 10.4 Å². The average molecular weight is 371 g/mol. The van der Waals surface area contributed by atoms with Crippen LogP contribution in [0.15, 0.2) is 55.1 Å². The molecule has 3 aromatic heterocycles. The summed E-state index contributed by atoms with van der Waals surface area (Å²) in [7, 11) is 2.09. The maximum absolute atomic E-state index is 13.2. The first-order chi connectivity index (χ1) is 13.7. The summed E-state index contributed by atoms with van der Waals surface area (Å²) in [5, 5.41) is 2.95. The first-order valence-corrected chi connectivity index (χ1v) is 9.49. The third-order valence-corrected chi connectivity index (χ3v) is 5.53. The van der Waals surface area contributed by atoms with Crippen LogP contribution in [0.3, 0.4) is 0 Å². The van der Waals surface area contributed by atoms with Crippen molar-refractivity contribution in [3.05, 3.63) is 60.7 Å². The Hall–Kier alpha value is -3.25. The number of nitrogens with one attached hydrogen (secondary N) is 1. The minimum atomic E-state index is 0.0698. The van der Waals surface area contributed by atoms with Crippen LogP contribution in [0.25, 0.3) is 32.9 Å². The summed E-state index contributed by atoms with van der Waals surface area (Å²) >= 11 is 0. The van der Waals surface area contributed by atoms with Gasteiger partial charge in [0.25, 0.3) is 5.91 Å². The summed E-state index contributed by atoms with van der Waals surface area (Å²) in [6, 6.07) is 10.2. The van der Waals surface area contributed by atoms with Crippen LogP contribution in [0.5, 0.6) is 0 Å². The molecule has 1 fully saturated rings. The molecule has 0 radical (unpaired) electrons. The minimum absolute atomic E-state index is 0.0698. The summed E-state index contributed by atoms with van der Waals surface area (Å²) in [6.45, 7) is 3.30. The Morgan fingerprint density at radius 2 is 1.93 bits per heavy atom. The van der Waals surface area contributed by atoms with Gasteiger partial charge in [0.05, 0.1) is 5.56 Å². The molecule has 28 heavy (non-hydrogen) atoms. The van der Waals surface area contributed by atoms with E-state index in [9.17, 15) is 4.79 Å². The molecular weight excluding hydrogens is 350 g/mol. The van der Waals surface area contributed by atoms with Crippen LogP contribution >= 0.6 is 0 Å². The van der Waals surface area contributed by atoms with Crippen molar-refractivity contribution in [3.63, 3.8) is 0 Å². The first kappa shape index (κ1) is 16.9. The summed E-state index contributed by atoms with van der Waals surface area (Å²) < 4.78 is 0. The van der Waals surface area contributed by atoms with Gasteiger partial charge in [-0.05, 0) is 30.1 Å². The van der Waals surface area contributed by atoms with Crippen molar-refractivity contribution in [3.8, 4) is 11.1 Å². The standard InChI is InChI=1S/C22H21N5O/c1-26-7-9-27(10-8-26)22(28)19-14-25-21-20(19)18-11-15(4-5-17(18)13-24-21)16-3-2-6-23-12-16/h2-6,11-14H,7-10H2,1H3,(H,24,25). The van der Waals surface area contributed by atoms with Crippen LogP contribution in [-0.2, 0) is 0 Å². The number of H-pyrrole nitrogens is 1. The van der Waals surface area contributed by atoms with E-state index in [1.807, 2.05) is 29.4 Å². The number of carbonyl (C=O) groups excluding carboxylic acids is 1. The summed E-state index contributed by atoms with van der Waals surface area (Å²) in [5.74, 6) is 0.0698. The Morgan fingerprint density at radius 1 is 1.07 bits per heavy atom. The Kier molecular flexibility index (Phi) is 4.06. The number of rotatable bonds is 2. The van der Waals surface area contributed by atoms with E-state index in [1.54, 1.807) is 12.4 Å². The third-order valence-electron chi connectivity index (χ3n) is 5.53. The first-order valence-electron chi connectivity index (χ1n) is 9.49. The number of hydrogen-bond donors (Lipinski definition) is 1. The van der Waals surface area contributed by atoms with Gasteiger partial charge in [0.2, 0.25) is 0 Å². The summed E-state index contributed by atoms with van der Waals surface area (Å²) in [5.41, 5.74) is 3.57. The lowest BCUT2D eigenvalue weighted by molar-refractivity contribution is 0.0666. The lowest BCUT2D eigenvalue weighted by atomic mass is 10.0. The van der Waals surface area contributed by atoms with Crippen molar-refractivity contribution in [2.24, 2.45) is 0 Å². The van der Waals surface area contributed by atoms with Crippen LogP contribution in [0.4, 0.5) is 0 Å². The van der Waals surface area contributed by atoms with Gasteiger partial charge < -0.3 is 14.8 Å². The number of likely N-dealkylation sites (N-methyl/N-ethyl adjacent to an activating group) is 1. The van der Waals surface area contributed by atoms with Crippen molar-refractivity contribution in [2.45, 2.75) is 0 Å². The van der Waals surface area contributed by atoms with Crippen LogP contribution in [-0.4, -0.2) is 63.9 Å². The highest BCUT2D eigenvalue weighted by molar-refractivity contribution is 6.16. The van der Waals surface area contributed by atoms with Gasteiger partial charge in [-0.25, -0.2) is 4.98 Å². The van der Waals surface area contributed by atoms with Gasteiger partial charge >= 0.3 is 0 Å². The Balaban J connectivity index is 1.64. The molecule has 0 unspecified atom stereocenters. The quantitative estimate of drug-likeness (QED) is 0.588. The number of piperazine rings is 1. The third kappa shape index (κ3) is 2.82. The molecule has 1 aliphatic heterocycles. The molecule has 4 heterocycles. The monoisotopic (exact) mass is 371 g/mol. The zero-order valence-corrected chi connectivity index (χ0v) is 15.7. The SMILES string of the molecule is CN1CCN(C(=O)c2c[nH]c3ncc4ccc(-c5cccnc5)cc4c23)CC1. The van der Waals surface area contributed by atoms with Gasteiger partial charge in [-0.3, -0.25) is 9.78 Å². The smallest absolute Gasteiger partial charge is 0.256 e. The van der Waals surface area contributed by atoms with E-state index in [1.165, 1.54) is 0 Å². The molecule has 0 aliphatic carbocycles. The Morgan fingerprint density at radius 3 is 2.71 bits per heavy atom. The second-order valence-corrected chi connectivity index (χ2v) is 7.32. The van der Waals surface area contributed by atoms with Crippen molar-refractivity contribution < 1.29 is 4.79 Å². The van der Waals surface area contributed by atoms with E-state index in [0.29, 0.717) is 5.56 Å². The fourth-order valence-electron chi connectivity index (χ4n) is 3.87. The predicted molar refractivity (Wildman–Crippen MR) is 110 cm³/mol. The van der Waals surface area contributed by atoms with E-state index in [0.717, 1.165) is 59.1 Å². The van der Waals surface area contributed by atoms with Gasteiger partial charge in [-0.1, -0.05) is 18.2 Å². The number of hydrogen-bond acceptors (Lipinski definition) is 4. The number of aromatic amines is 1. The molecule has 5 rings (SSSR count). The molecule has 0 atom stereocenters.